The van der Waals surface area contributed by atoms with E-state index < -0.39 is 0 Å². The summed E-state index contributed by atoms with van der Waals surface area (Å²) in [6, 6.07) is 0.197. The predicted molar refractivity (Wildman–Crippen MR) is 74.5 cm³/mol. The van der Waals surface area contributed by atoms with E-state index in [4.69, 9.17) is 11.6 Å². The van der Waals surface area contributed by atoms with Crippen LogP contribution in [0.25, 0.3) is 0 Å². The molecule has 1 saturated heterocycles. The Morgan fingerprint density at radius 2 is 2.16 bits per heavy atom. The predicted octanol–water partition coefficient (Wildman–Crippen LogP) is 1.74. The first-order valence-electron chi connectivity index (χ1n) is 6.62. The molecule has 19 heavy (non-hydrogen) atoms. The normalized spacial score (nSPS) is 16.6. The van der Waals surface area contributed by atoms with E-state index in [1.807, 2.05) is 13.8 Å². The Labute approximate surface area is 118 Å². The van der Waals surface area contributed by atoms with Crippen molar-refractivity contribution in [1.29, 1.82) is 0 Å². The number of amides is 1. The standard InChI is InChI=1S/C13H19ClN4O/c1-8(2)12-16-7-10(14)11(18-12)13(19)17-9-3-5-15-6-4-9/h7-9,15H,3-6H2,1-2H3,(H,17,19). The smallest absolute Gasteiger partial charge is 0.271 e. The molecule has 0 aliphatic carbocycles. The molecule has 2 N–H and O–H groups in total. The van der Waals surface area contributed by atoms with Crippen LogP contribution in [0.1, 0.15) is 48.9 Å². The molecule has 0 unspecified atom stereocenters. The summed E-state index contributed by atoms with van der Waals surface area (Å²) < 4.78 is 0. The van der Waals surface area contributed by atoms with Gasteiger partial charge in [-0.05, 0) is 25.9 Å². The molecule has 1 fully saturated rings. The Balaban J connectivity index is 2.11. The van der Waals surface area contributed by atoms with Crippen molar-refractivity contribution in [3.05, 3.63) is 22.7 Å². The number of hydrogen-bond acceptors (Lipinski definition) is 4. The van der Waals surface area contributed by atoms with Gasteiger partial charge >= 0.3 is 0 Å². The minimum absolute atomic E-state index is 0.169. The van der Waals surface area contributed by atoms with E-state index >= 15 is 0 Å². The molecule has 0 atom stereocenters. The Morgan fingerprint density at radius 1 is 1.47 bits per heavy atom. The number of aromatic nitrogens is 2. The molecule has 1 aliphatic heterocycles. The molecule has 0 saturated carbocycles. The summed E-state index contributed by atoms with van der Waals surface area (Å²) in [5, 5.41) is 6.55. The van der Waals surface area contributed by atoms with Crippen LogP contribution in [0.4, 0.5) is 0 Å². The van der Waals surface area contributed by atoms with Gasteiger partial charge in [0.1, 0.15) is 11.5 Å². The van der Waals surface area contributed by atoms with Crippen molar-refractivity contribution in [2.24, 2.45) is 0 Å². The van der Waals surface area contributed by atoms with E-state index in [1.54, 1.807) is 0 Å². The van der Waals surface area contributed by atoms with Gasteiger partial charge in [-0.25, -0.2) is 9.97 Å². The lowest BCUT2D eigenvalue weighted by Crippen LogP contribution is -2.43. The molecular formula is C13H19ClN4O. The van der Waals surface area contributed by atoms with Gasteiger partial charge in [-0.1, -0.05) is 25.4 Å². The van der Waals surface area contributed by atoms with E-state index in [0.29, 0.717) is 10.8 Å². The minimum Gasteiger partial charge on any atom is -0.348 e. The highest BCUT2D eigenvalue weighted by Gasteiger charge is 2.20. The highest BCUT2D eigenvalue weighted by atomic mass is 35.5. The number of carbonyl (C=O) groups is 1. The molecule has 2 heterocycles. The van der Waals surface area contributed by atoms with E-state index in [1.165, 1.54) is 6.20 Å². The molecule has 1 aromatic rings. The fourth-order valence-corrected chi connectivity index (χ4v) is 2.22. The van der Waals surface area contributed by atoms with Crippen LogP contribution in [-0.2, 0) is 0 Å². The van der Waals surface area contributed by atoms with Gasteiger partial charge in [0, 0.05) is 12.0 Å². The Bertz CT molecular complexity index is 458. The summed E-state index contributed by atoms with van der Waals surface area (Å²) in [4.78, 5) is 20.6. The van der Waals surface area contributed by atoms with Crippen molar-refractivity contribution in [3.63, 3.8) is 0 Å². The SMILES string of the molecule is CC(C)c1ncc(Cl)c(C(=O)NC2CCNCC2)n1. The Morgan fingerprint density at radius 3 is 2.79 bits per heavy atom. The number of hydrogen-bond donors (Lipinski definition) is 2. The van der Waals surface area contributed by atoms with Crippen LogP contribution in [-0.4, -0.2) is 35.0 Å². The number of nitrogens with zero attached hydrogens (tertiary/aromatic N) is 2. The number of rotatable bonds is 3. The van der Waals surface area contributed by atoms with Gasteiger partial charge in [-0.3, -0.25) is 4.79 Å². The summed E-state index contributed by atoms with van der Waals surface area (Å²) in [5.41, 5.74) is 0.277. The number of halogens is 1. The first-order valence-corrected chi connectivity index (χ1v) is 6.99. The number of piperidine rings is 1. The van der Waals surface area contributed by atoms with Crippen molar-refractivity contribution < 1.29 is 4.79 Å². The van der Waals surface area contributed by atoms with Gasteiger partial charge < -0.3 is 10.6 Å². The van der Waals surface area contributed by atoms with Gasteiger partial charge in [0.05, 0.1) is 11.2 Å². The zero-order valence-electron chi connectivity index (χ0n) is 11.2. The van der Waals surface area contributed by atoms with Crippen molar-refractivity contribution in [2.75, 3.05) is 13.1 Å². The maximum absolute atomic E-state index is 12.2. The maximum atomic E-state index is 12.2. The number of carbonyl (C=O) groups excluding carboxylic acids is 1. The number of nitrogens with one attached hydrogen (secondary N) is 2. The van der Waals surface area contributed by atoms with E-state index in [2.05, 4.69) is 20.6 Å². The molecule has 2 rings (SSSR count). The van der Waals surface area contributed by atoms with E-state index in [9.17, 15) is 4.79 Å². The van der Waals surface area contributed by atoms with Gasteiger partial charge in [0.25, 0.3) is 5.91 Å². The molecule has 0 aromatic carbocycles. The molecular weight excluding hydrogens is 264 g/mol. The third-order valence-electron chi connectivity index (χ3n) is 3.17. The summed E-state index contributed by atoms with van der Waals surface area (Å²) in [5.74, 6) is 0.601. The molecule has 0 bridgehead atoms. The molecule has 104 valence electrons. The summed E-state index contributed by atoms with van der Waals surface area (Å²) in [7, 11) is 0. The third-order valence-corrected chi connectivity index (χ3v) is 3.45. The zero-order valence-corrected chi connectivity index (χ0v) is 12.0. The molecule has 5 nitrogen and oxygen atoms in total. The quantitative estimate of drug-likeness (QED) is 0.886. The van der Waals surface area contributed by atoms with E-state index in [-0.39, 0.29) is 23.6 Å². The van der Waals surface area contributed by atoms with Crippen LogP contribution < -0.4 is 10.6 Å². The van der Waals surface area contributed by atoms with Crippen LogP contribution in [0.3, 0.4) is 0 Å². The second-order valence-electron chi connectivity index (χ2n) is 5.08. The van der Waals surface area contributed by atoms with Gasteiger partial charge in [-0.15, -0.1) is 0 Å². The summed E-state index contributed by atoms with van der Waals surface area (Å²) >= 11 is 6.02. The lowest BCUT2D eigenvalue weighted by Gasteiger charge is -2.23. The second-order valence-corrected chi connectivity index (χ2v) is 5.48. The Kier molecular flexibility index (Phi) is 4.71. The first-order chi connectivity index (χ1) is 9.08. The molecule has 0 spiro atoms. The summed E-state index contributed by atoms with van der Waals surface area (Å²) in [6.45, 7) is 5.83. The largest absolute Gasteiger partial charge is 0.348 e. The molecule has 1 aliphatic rings. The van der Waals surface area contributed by atoms with Crippen molar-refractivity contribution >= 4 is 17.5 Å². The monoisotopic (exact) mass is 282 g/mol. The fourth-order valence-electron chi connectivity index (χ4n) is 2.04. The van der Waals surface area contributed by atoms with Gasteiger partial charge in [-0.2, -0.15) is 0 Å². The van der Waals surface area contributed by atoms with Crippen molar-refractivity contribution in [1.82, 2.24) is 20.6 Å². The molecule has 1 amide bonds. The van der Waals surface area contributed by atoms with Gasteiger partial charge in [0.2, 0.25) is 0 Å². The minimum atomic E-state index is -0.207. The van der Waals surface area contributed by atoms with Crippen LogP contribution >= 0.6 is 11.6 Å². The van der Waals surface area contributed by atoms with Crippen LogP contribution in [0, 0.1) is 0 Å². The maximum Gasteiger partial charge on any atom is 0.271 e. The first kappa shape index (κ1) is 14.2. The van der Waals surface area contributed by atoms with E-state index in [0.717, 1.165) is 25.9 Å². The molecule has 0 radical (unpaired) electrons. The summed E-state index contributed by atoms with van der Waals surface area (Å²) in [6.07, 6.45) is 3.37. The average Bonchev–Trinajstić information content (AvgIpc) is 2.40. The van der Waals surface area contributed by atoms with Crippen LogP contribution in [0.5, 0.6) is 0 Å². The molecule has 6 heteroatoms. The van der Waals surface area contributed by atoms with Crippen molar-refractivity contribution in [3.8, 4) is 0 Å². The highest BCUT2D eigenvalue weighted by molar-refractivity contribution is 6.33. The molecule has 1 aromatic heterocycles. The van der Waals surface area contributed by atoms with Crippen LogP contribution in [0.2, 0.25) is 5.02 Å². The van der Waals surface area contributed by atoms with Crippen LogP contribution in [0.15, 0.2) is 6.20 Å². The fraction of sp³-hybridized carbons (Fsp3) is 0.615. The highest BCUT2D eigenvalue weighted by Crippen LogP contribution is 2.16. The average molecular weight is 283 g/mol. The second kappa shape index (κ2) is 6.30. The van der Waals surface area contributed by atoms with Crippen molar-refractivity contribution in [2.45, 2.75) is 38.6 Å². The Hall–Kier alpha value is -1.20. The van der Waals surface area contributed by atoms with Gasteiger partial charge in [0.15, 0.2) is 0 Å². The zero-order chi connectivity index (χ0) is 13.8. The third kappa shape index (κ3) is 3.64. The lowest BCUT2D eigenvalue weighted by molar-refractivity contribution is 0.0924. The lowest BCUT2D eigenvalue weighted by atomic mass is 10.1. The topological polar surface area (TPSA) is 66.9 Å².